The Morgan fingerprint density at radius 2 is 1.90 bits per heavy atom. The molecule has 0 unspecified atom stereocenters. The lowest BCUT2D eigenvalue weighted by Crippen LogP contribution is -2.31. The predicted molar refractivity (Wildman–Crippen MR) is 83.2 cm³/mol. The van der Waals surface area contributed by atoms with Crippen LogP contribution in [0.1, 0.15) is 34.1 Å². The molecule has 112 valence electrons. The number of ether oxygens (including phenoxy) is 1. The molecule has 1 aromatic carbocycles. The Labute approximate surface area is 122 Å². The number of anilines is 1. The van der Waals surface area contributed by atoms with Crippen molar-refractivity contribution in [2.45, 2.75) is 40.2 Å². The SMILES string of the molecule is CCN(CC)C(=O)CCNc1ccccc1OC(C)C. The van der Waals surface area contributed by atoms with Gasteiger partial charge in [0.2, 0.25) is 5.91 Å². The standard InChI is InChI=1S/C16H26N2O2/c1-5-18(6-2)16(19)11-12-17-14-9-7-8-10-15(14)20-13(3)4/h7-10,13,17H,5-6,11-12H2,1-4H3. The van der Waals surface area contributed by atoms with Crippen LogP contribution in [0.15, 0.2) is 24.3 Å². The van der Waals surface area contributed by atoms with Gasteiger partial charge in [0.1, 0.15) is 5.75 Å². The van der Waals surface area contributed by atoms with Gasteiger partial charge in [0.25, 0.3) is 0 Å². The number of hydrogen-bond donors (Lipinski definition) is 1. The molecule has 4 heteroatoms. The molecule has 0 bridgehead atoms. The topological polar surface area (TPSA) is 41.6 Å². The van der Waals surface area contributed by atoms with Crippen molar-refractivity contribution in [3.8, 4) is 5.75 Å². The molecule has 0 atom stereocenters. The van der Waals surface area contributed by atoms with E-state index in [-0.39, 0.29) is 12.0 Å². The van der Waals surface area contributed by atoms with Crippen molar-refractivity contribution in [1.29, 1.82) is 0 Å². The van der Waals surface area contributed by atoms with Gasteiger partial charge in [-0.15, -0.1) is 0 Å². The zero-order valence-electron chi connectivity index (χ0n) is 13.0. The Morgan fingerprint density at radius 1 is 1.25 bits per heavy atom. The lowest BCUT2D eigenvalue weighted by atomic mass is 10.2. The molecule has 0 aliphatic rings. The first-order chi connectivity index (χ1) is 9.58. The summed E-state index contributed by atoms with van der Waals surface area (Å²) in [6.07, 6.45) is 0.632. The molecule has 1 rings (SSSR count). The third-order valence-electron chi connectivity index (χ3n) is 3.02. The minimum atomic E-state index is 0.134. The van der Waals surface area contributed by atoms with Gasteiger partial charge < -0.3 is 15.0 Å². The average Bonchev–Trinajstić information content (AvgIpc) is 2.41. The van der Waals surface area contributed by atoms with Crippen LogP contribution >= 0.6 is 0 Å². The zero-order valence-corrected chi connectivity index (χ0v) is 13.0. The number of amides is 1. The highest BCUT2D eigenvalue weighted by Crippen LogP contribution is 2.24. The van der Waals surface area contributed by atoms with E-state index in [1.165, 1.54) is 0 Å². The smallest absolute Gasteiger partial charge is 0.224 e. The van der Waals surface area contributed by atoms with Crippen LogP contribution < -0.4 is 10.1 Å². The van der Waals surface area contributed by atoms with Gasteiger partial charge in [-0.25, -0.2) is 0 Å². The molecule has 1 amide bonds. The van der Waals surface area contributed by atoms with Crippen molar-refractivity contribution in [3.63, 3.8) is 0 Å². The van der Waals surface area contributed by atoms with E-state index in [1.54, 1.807) is 0 Å². The number of carbonyl (C=O) groups is 1. The second-order valence-corrected chi connectivity index (χ2v) is 4.91. The summed E-state index contributed by atoms with van der Waals surface area (Å²) >= 11 is 0. The van der Waals surface area contributed by atoms with Gasteiger partial charge in [0, 0.05) is 26.1 Å². The van der Waals surface area contributed by atoms with E-state index in [9.17, 15) is 4.79 Å². The number of hydrogen-bond acceptors (Lipinski definition) is 3. The molecular formula is C16H26N2O2. The molecule has 0 aromatic heterocycles. The summed E-state index contributed by atoms with van der Waals surface area (Å²) in [5.41, 5.74) is 0.938. The normalized spacial score (nSPS) is 10.4. The Bertz CT molecular complexity index is 415. The summed E-state index contributed by atoms with van der Waals surface area (Å²) in [5, 5.41) is 3.28. The molecule has 1 aromatic rings. The zero-order chi connectivity index (χ0) is 15.0. The van der Waals surface area contributed by atoms with Gasteiger partial charge in [-0.2, -0.15) is 0 Å². The van der Waals surface area contributed by atoms with Crippen LogP contribution in [0, 0.1) is 0 Å². The maximum atomic E-state index is 11.9. The summed E-state index contributed by atoms with van der Waals surface area (Å²) in [7, 11) is 0. The fourth-order valence-corrected chi connectivity index (χ4v) is 2.01. The molecule has 0 radical (unpaired) electrons. The van der Waals surface area contributed by atoms with Gasteiger partial charge in [-0.05, 0) is 39.8 Å². The maximum absolute atomic E-state index is 11.9. The van der Waals surface area contributed by atoms with E-state index in [0.29, 0.717) is 13.0 Å². The molecular weight excluding hydrogens is 252 g/mol. The number of benzene rings is 1. The molecule has 0 saturated carbocycles. The third kappa shape index (κ3) is 5.11. The van der Waals surface area contributed by atoms with Gasteiger partial charge in [0.05, 0.1) is 11.8 Å². The largest absolute Gasteiger partial charge is 0.489 e. The first kappa shape index (κ1) is 16.3. The molecule has 4 nitrogen and oxygen atoms in total. The van der Waals surface area contributed by atoms with Crippen molar-refractivity contribution in [2.75, 3.05) is 25.0 Å². The molecule has 20 heavy (non-hydrogen) atoms. The van der Waals surface area contributed by atoms with E-state index < -0.39 is 0 Å². The lowest BCUT2D eigenvalue weighted by Gasteiger charge is -2.19. The second kappa shape index (κ2) is 8.46. The Morgan fingerprint density at radius 3 is 2.50 bits per heavy atom. The third-order valence-corrected chi connectivity index (χ3v) is 3.02. The summed E-state index contributed by atoms with van der Waals surface area (Å²) in [6.45, 7) is 10.2. The van der Waals surface area contributed by atoms with Crippen molar-refractivity contribution in [1.82, 2.24) is 4.90 Å². The predicted octanol–water partition coefficient (Wildman–Crippen LogP) is 3.14. The molecule has 0 aliphatic heterocycles. The van der Waals surface area contributed by atoms with Crippen LogP contribution in [-0.4, -0.2) is 36.5 Å². The van der Waals surface area contributed by atoms with Crippen LogP contribution in [0.25, 0.3) is 0 Å². The second-order valence-electron chi connectivity index (χ2n) is 4.91. The highest BCUT2D eigenvalue weighted by Gasteiger charge is 2.09. The lowest BCUT2D eigenvalue weighted by molar-refractivity contribution is -0.130. The van der Waals surface area contributed by atoms with Gasteiger partial charge in [0.15, 0.2) is 0 Å². The van der Waals surface area contributed by atoms with Crippen LogP contribution in [-0.2, 0) is 4.79 Å². The summed E-state index contributed by atoms with van der Waals surface area (Å²) in [6, 6.07) is 7.82. The minimum absolute atomic E-state index is 0.134. The first-order valence-electron chi connectivity index (χ1n) is 7.35. The Hall–Kier alpha value is -1.71. The van der Waals surface area contributed by atoms with Crippen LogP contribution in [0.4, 0.5) is 5.69 Å². The Balaban J connectivity index is 2.51. The highest BCUT2D eigenvalue weighted by molar-refractivity contribution is 5.76. The van der Waals surface area contributed by atoms with Crippen LogP contribution in [0.2, 0.25) is 0 Å². The van der Waals surface area contributed by atoms with Crippen molar-refractivity contribution in [2.24, 2.45) is 0 Å². The molecule has 0 aliphatic carbocycles. The van der Waals surface area contributed by atoms with Gasteiger partial charge in [-0.3, -0.25) is 4.79 Å². The van der Waals surface area contributed by atoms with Crippen molar-refractivity contribution < 1.29 is 9.53 Å². The average molecular weight is 278 g/mol. The summed E-state index contributed by atoms with van der Waals surface area (Å²) in [5.74, 6) is 1.02. The van der Waals surface area contributed by atoms with E-state index in [1.807, 2.05) is 56.9 Å². The van der Waals surface area contributed by atoms with Crippen LogP contribution in [0.3, 0.4) is 0 Å². The molecule has 0 heterocycles. The van der Waals surface area contributed by atoms with E-state index in [4.69, 9.17) is 4.74 Å². The summed E-state index contributed by atoms with van der Waals surface area (Å²) in [4.78, 5) is 13.8. The highest BCUT2D eigenvalue weighted by atomic mass is 16.5. The van der Waals surface area contributed by atoms with E-state index in [0.717, 1.165) is 24.5 Å². The quantitative estimate of drug-likeness (QED) is 0.794. The summed E-state index contributed by atoms with van der Waals surface area (Å²) < 4.78 is 5.73. The van der Waals surface area contributed by atoms with E-state index >= 15 is 0 Å². The van der Waals surface area contributed by atoms with Crippen molar-refractivity contribution in [3.05, 3.63) is 24.3 Å². The molecule has 1 N–H and O–H groups in total. The van der Waals surface area contributed by atoms with Gasteiger partial charge >= 0.3 is 0 Å². The maximum Gasteiger partial charge on any atom is 0.224 e. The Kier molecular flexibility index (Phi) is 6.91. The monoisotopic (exact) mass is 278 g/mol. The van der Waals surface area contributed by atoms with Crippen molar-refractivity contribution >= 4 is 11.6 Å². The van der Waals surface area contributed by atoms with E-state index in [2.05, 4.69) is 5.32 Å². The molecule has 0 fully saturated rings. The number of carbonyl (C=O) groups excluding carboxylic acids is 1. The number of nitrogens with one attached hydrogen (secondary N) is 1. The molecule has 0 spiro atoms. The molecule has 0 saturated heterocycles. The number of rotatable bonds is 8. The minimum Gasteiger partial charge on any atom is -0.489 e. The number of para-hydroxylation sites is 2. The first-order valence-corrected chi connectivity index (χ1v) is 7.35. The van der Waals surface area contributed by atoms with Gasteiger partial charge in [-0.1, -0.05) is 12.1 Å². The number of nitrogens with zero attached hydrogens (tertiary/aromatic N) is 1. The fraction of sp³-hybridized carbons (Fsp3) is 0.562. The van der Waals surface area contributed by atoms with Crippen LogP contribution in [0.5, 0.6) is 5.75 Å². The fourth-order valence-electron chi connectivity index (χ4n) is 2.01.